The number of aryl methyl sites for hydroxylation is 1. The van der Waals surface area contributed by atoms with Crippen LogP contribution < -0.4 is 4.74 Å². The van der Waals surface area contributed by atoms with Gasteiger partial charge >= 0.3 is 0 Å². The molecule has 2 aromatic heterocycles. The van der Waals surface area contributed by atoms with Crippen LogP contribution in [-0.2, 0) is 16.5 Å². The number of ketones is 1. The first-order valence-electron chi connectivity index (χ1n) is 12.6. The van der Waals surface area contributed by atoms with Crippen molar-refractivity contribution in [2.75, 3.05) is 33.4 Å². The molecular formula is C30H27N3O6. The Labute approximate surface area is 224 Å². The highest BCUT2D eigenvalue weighted by atomic mass is 16.5. The van der Waals surface area contributed by atoms with E-state index in [2.05, 4.69) is 4.98 Å². The van der Waals surface area contributed by atoms with Gasteiger partial charge in [-0.25, -0.2) is 4.98 Å². The van der Waals surface area contributed by atoms with Crippen molar-refractivity contribution in [1.82, 2.24) is 14.5 Å². The number of morpholine rings is 1. The average molecular weight is 526 g/mol. The lowest BCUT2D eigenvalue weighted by atomic mass is 9.99. The molecule has 9 heteroatoms. The van der Waals surface area contributed by atoms with Gasteiger partial charge in [-0.05, 0) is 47.5 Å². The van der Waals surface area contributed by atoms with Gasteiger partial charge in [0.2, 0.25) is 5.78 Å². The molecule has 0 saturated carbocycles. The smallest absolute Gasteiger partial charge is 0.254 e. The summed E-state index contributed by atoms with van der Waals surface area (Å²) in [5.41, 5.74) is 4.07. The number of rotatable bonds is 5. The van der Waals surface area contributed by atoms with Crippen LogP contribution in [0.3, 0.4) is 0 Å². The van der Waals surface area contributed by atoms with E-state index in [-0.39, 0.29) is 34.9 Å². The number of hydrogen-bond acceptors (Lipinski definition) is 7. The first-order valence-corrected chi connectivity index (χ1v) is 12.6. The Balaban J connectivity index is 1.33. The number of aromatic nitrogens is 2. The van der Waals surface area contributed by atoms with E-state index in [9.17, 15) is 14.7 Å². The molecule has 1 N–H and O–H groups in total. The van der Waals surface area contributed by atoms with E-state index in [0.717, 1.165) is 27.7 Å². The van der Waals surface area contributed by atoms with Crippen molar-refractivity contribution in [1.29, 1.82) is 0 Å². The summed E-state index contributed by atoms with van der Waals surface area (Å²) < 4.78 is 18.5. The zero-order valence-electron chi connectivity index (χ0n) is 21.6. The van der Waals surface area contributed by atoms with E-state index in [1.807, 2.05) is 48.1 Å². The highest BCUT2D eigenvalue weighted by molar-refractivity contribution is 6.17. The Bertz CT molecular complexity index is 1620. The molecule has 39 heavy (non-hydrogen) atoms. The number of nitrogens with zero attached hydrogens (tertiary/aromatic N) is 3. The zero-order valence-corrected chi connectivity index (χ0v) is 21.6. The molecule has 2 aliphatic rings. The predicted molar refractivity (Wildman–Crippen MR) is 145 cm³/mol. The molecule has 2 aromatic carbocycles. The number of benzene rings is 2. The largest absolute Gasteiger partial charge is 0.507 e. The molecule has 1 unspecified atom stereocenters. The molecule has 0 spiro atoms. The first kappa shape index (κ1) is 24.8. The number of allylic oxidation sites excluding steroid dienone is 1. The number of carbonyl (C=O) groups excluding carboxylic acids is 2. The molecule has 4 aromatic rings. The van der Waals surface area contributed by atoms with E-state index in [0.29, 0.717) is 37.6 Å². The maximum atomic E-state index is 13.2. The van der Waals surface area contributed by atoms with Crippen LogP contribution in [0.4, 0.5) is 0 Å². The minimum atomic E-state index is -0.371. The van der Waals surface area contributed by atoms with Gasteiger partial charge in [0.25, 0.3) is 5.91 Å². The van der Waals surface area contributed by atoms with Crippen molar-refractivity contribution in [2.24, 2.45) is 7.05 Å². The van der Waals surface area contributed by atoms with Crippen molar-refractivity contribution in [3.63, 3.8) is 0 Å². The maximum Gasteiger partial charge on any atom is 0.254 e. The number of fused-ring (bicyclic) bond motifs is 2. The number of pyridine rings is 1. The second kappa shape index (κ2) is 10.0. The molecule has 0 bridgehead atoms. The van der Waals surface area contributed by atoms with Crippen molar-refractivity contribution in [3.8, 4) is 22.6 Å². The summed E-state index contributed by atoms with van der Waals surface area (Å²) in [5.74, 6) is -0.0621. The molecule has 1 atom stereocenters. The number of hydrogen-bond donors (Lipinski definition) is 1. The van der Waals surface area contributed by atoms with Crippen LogP contribution in [0.1, 0.15) is 26.3 Å². The SMILES string of the molecule is COCC1CN(C(=O)c2ccc(-c3ccnc4c3c(C=C3Oc5cccc(O)c5C3=O)cn4C)cc2)CCO1. The highest BCUT2D eigenvalue weighted by Gasteiger charge is 2.31. The number of ether oxygens (including phenoxy) is 3. The van der Waals surface area contributed by atoms with Gasteiger partial charge in [-0.15, -0.1) is 0 Å². The molecule has 9 nitrogen and oxygen atoms in total. The van der Waals surface area contributed by atoms with Crippen LogP contribution in [0.5, 0.6) is 11.5 Å². The summed E-state index contributed by atoms with van der Waals surface area (Å²) in [4.78, 5) is 32.5. The number of Topliss-reactive ketones (excluding diaryl/α,β-unsaturated/α-hetero) is 1. The number of aromatic hydroxyl groups is 1. The quantitative estimate of drug-likeness (QED) is 0.392. The van der Waals surface area contributed by atoms with Crippen molar-refractivity contribution >= 4 is 28.8 Å². The third-order valence-electron chi connectivity index (χ3n) is 7.07. The van der Waals surface area contributed by atoms with Gasteiger partial charge in [-0.1, -0.05) is 18.2 Å². The van der Waals surface area contributed by atoms with Gasteiger partial charge in [0.05, 0.1) is 19.3 Å². The van der Waals surface area contributed by atoms with Crippen LogP contribution in [0, 0.1) is 0 Å². The lowest BCUT2D eigenvalue weighted by Gasteiger charge is -2.32. The van der Waals surface area contributed by atoms with Gasteiger partial charge in [-0.2, -0.15) is 0 Å². The molecule has 0 aliphatic carbocycles. The van der Waals surface area contributed by atoms with E-state index >= 15 is 0 Å². The van der Waals surface area contributed by atoms with E-state index in [1.54, 1.807) is 36.4 Å². The second-order valence-electron chi connectivity index (χ2n) is 9.62. The van der Waals surface area contributed by atoms with Crippen molar-refractivity contribution in [2.45, 2.75) is 6.10 Å². The van der Waals surface area contributed by atoms with Crippen LogP contribution in [0.25, 0.3) is 28.2 Å². The zero-order chi connectivity index (χ0) is 27.1. The predicted octanol–water partition coefficient (Wildman–Crippen LogP) is 4.05. The van der Waals surface area contributed by atoms with Crippen LogP contribution in [0.2, 0.25) is 0 Å². The molecule has 6 rings (SSSR count). The molecule has 1 fully saturated rings. The van der Waals surface area contributed by atoms with Gasteiger partial charge in [0.1, 0.15) is 22.7 Å². The molecule has 198 valence electrons. The van der Waals surface area contributed by atoms with Gasteiger partial charge in [-0.3, -0.25) is 9.59 Å². The summed E-state index contributed by atoms with van der Waals surface area (Å²) in [6.45, 7) is 1.95. The topological polar surface area (TPSA) is 103 Å². The van der Waals surface area contributed by atoms with Crippen LogP contribution >= 0.6 is 0 Å². The fourth-order valence-electron chi connectivity index (χ4n) is 5.21. The molecule has 4 heterocycles. The number of methoxy groups -OCH3 is 1. The third-order valence-corrected chi connectivity index (χ3v) is 7.07. The van der Waals surface area contributed by atoms with Gasteiger partial charge in [0, 0.05) is 56.2 Å². The lowest BCUT2D eigenvalue weighted by Crippen LogP contribution is -2.47. The monoisotopic (exact) mass is 525 g/mol. The fraction of sp³-hybridized carbons (Fsp3) is 0.233. The minimum absolute atomic E-state index is 0.0457. The second-order valence-corrected chi connectivity index (χ2v) is 9.62. The Morgan fingerprint density at radius 3 is 2.79 bits per heavy atom. The first-order chi connectivity index (χ1) is 18.9. The minimum Gasteiger partial charge on any atom is -0.507 e. The van der Waals surface area contributed by atoms with Crippen LogP contribution in [-0.4, -0.2) is 70.8 Å². The fourth-order valence-corrected chi connectivity index (χ4v) is 5.21. The average Bonchev–Trinajstić information content (AvgIpc) is 3.45. The summed E-state index contributed by atoms with van der Waals surface area (Å²) in [6, 6.07) is 14.2. The normalized spacial score (nSPS) is 18.0. The molecule has 2 aliphatic heterocycles. The van der Waals surface area contributed by atoms with Crippen molar-refractivity contribution in [3.05, 3.63) is 83.4 Å². The molecule has 1 amide bonds. The number of carbonyl (C=O) groups is 2. The van der Waals surface area contributed by atoms with E-state index < -0.39 is 0 Å². The highest BCUT2D eigenvalue weighted by Crippen LogP contribution is 2.39. The van der Waals surface area contributed by atoms with Crippen molar-refractivity contribution < 1.29 is 28.9 Å². The summed E-state index contributed by atoms with van der Waals surface area (Å²) in [6.07, 6.45) is 5.18. The Morgan fingerprint density at radius 1 is 1.21 bits per heavy atom. The number of phenols is 1. The number of amides is 1. The standard InChI is InChI=1S/C30H27N3O6/c1-32-15-20(14-25-28(35)27-23(34)4-3-5-24(27)39-25)26-22(10-11-31-29(26)32)18-6-8-19(9-7-18)30(36)33-12-13-38-21(16-33)17-37-2/h3-11,14-15,21,34H,12-13,16-17H2,1-2H3. The van der Waals surface area contributed by atoms with Gasteiger partial charge < -0.3 is 28.8 Å². The summed E-state index contributed by atoms with van der Waals surface area (Å²) in [7, 11) is 3.51. The van der Waals surface area contributed by atoms with Gasteiger partial charge in [0.15, 0.2) is 5.76 Å². The molecule has 0 radical (unpaired) electrons. The summed E-state index contributed by atoms with van der Waals surface area (Å²) in [5, 5.41) is 11.0. The third kappa shape index (κ3) is 4.45. The maximum absolute atomic E-state index is 13.2. The Kier molecular flexibility index (Phi) is 6.38. The molecular weight excluding hydrogens is 498 g/mol. The molecule has 1 saturated heterocycles. The Morgan fingerprint density at radius 2 is 2.03 bits per heavy atom. The van der Waals surface area contributed by atoms with Crippen LogP contribution in [0.15, 0.2) is 66.7 Å². The Hall–Kier alpha value is -4.47. The summed E-state index contributed by atoms with van der Waals surface area (Å²) >= 11 is 0. The van der Waals surface area contributed by atoms with E-state index in [4.69, 9.17) is 14.2 Å². The number of phenolic OH excluding ortho intramolecular Hbond substituents is 1. The van der Waals surface area contributed by atoms with E-state index in [1.165, 1.54) is 6.07 Å². The lowest BCUT2D eigenvalue weighted by molar-refractivity contribution is -0.0531.